The summed E-state index contributed by atoms with van der Waals surface area (Å²) in [7, 11) is 0. The van der Waals surface area contributed by atoms with Gasteiger partial charge in [-0.2, -0.15) is 0 Å². The summed E-state index contributed by atoms with van der Waals surface area (Å²) in [5, 5.41) is 0. The zero-order valence-electron chi connectivity index (χ0n) is 8.14. The van der Waals surface area contributed by atoms with Gasteiger partial charge in [0.05, 0.1) is 0 Å². The number of hydrogen-bond acceptors (Lipinski definition) is 0. The number of hydrogen-bond donors (Lipinski definition) is 0. The highest BCUT2D eigenvalue weighted by atomic mass is 14.3. The third-order valence-corrected chi connectivity index (χ3v) is 3.23. The van der Waals surface area contributed by atoms with Crippen LogP contribution in [0.5, 0.6) is 0 Å². The number of rotatable bonds is 0. The summed E-state index contributed by atoms with van der Waals surface area (Å²) in [5.74, 6) is 1.82. The first-order valence-electron chi connectivity index (χ1n) is 5.10. The summed E-state index contributed by atoms with van der Waals surface area (Å²) < 4.78 is 0. The van der Waals surface area contributed by atoms with E-state index in [0.717, 1.165) is 11.8 Å². The summed E-state index contributed by atoms with van der Waals surface area (Å²) in [4.78, 5) is 0. The van der Waals surface area contributed by atoms with Crippen LogP contribution in [0.3, 0.4) is 0 Å². The van der Waals surface area contributed by atoms with Gasteiger partial charge < -0.3 is 0 Å². The first-order valence-corrected chi connectivity index (χ1v) is 5.10. The molecule has 2 rings (SSSR count). The molecule has 0 nitrogen and oxygen atoms in total. The van der Waals surface area contributed by atoms with Crippen molar-refractivity contribution < 1.29 is 0 Å². The molecule has 0 saturated carbocycles. The zero-order chi connectivity index (χ0) is 8.55. The van der Waals surface area contributed by atoms with Gasteiger partial charge in [-0.3, -0.25) is 0 Å². The maximum atomic E-state index is 2.50. The second-order valence-corrected chi connectivity index (χ2v) is 4.52. The molecule has 0 aromatic rings. The molecular weight excluding hydrogens is 144 g/mol. The Labute approximate surface area is 75.4 Å². The lowest BCUT2D eigenvalue weighted by molar-refractivity contribution is 0.397. The van der Waals surface area contributed by atoms with E-state index in [9.17, 15) is 0 Å². The molecule has 2 aliphatic rings. The molecule has 0 radical (unpaired) electrons. The van der Waals surface area contributed by atoms with E-state index in [1.165, 1.54) is 25.7 Å². The Balaban J connectivity index is 2.15. The summed E-state index contributed by atoms with van der Waals surface area (Å²) in [6.07, 6.45) is 10.2. The lowest BCUT2D eigenvalue weighted by Crippen LogP contribution is -2.16. The molecule has 0 heteroatoms. The van der Waals surface area contributed by atoms with E-state index in [2.05, 4.69) is 26.0 Å². The predicted octanol–water partition coefficient (Wildman–Crippen LogP) is 3.70. The topological polar surface area (TPSA) is 0 Å². The van der Waals surface area contributed by atoms with E-state index < -0.39 is 0 Å². The average Bonchev–Trinajstić information content (AvgIpc) is 2.05. The van der Waals surface area contributed by atoms with E-state index in [4.69, 9.17) is 0 Å². The van der Waals surface area contributed by atoms with Crippen molar-refractivity contribution >= 4 is 0 Å². The number of fused-ring (bicyclic) bond motifs is 1. The third kappa shape index (κ3) is 1.48. The standard InChI is InChI=1S/C12H18/c1-9-3-5-12-8-10(2)4-6-11(12)7-9/h3,6,10,12H,4-5,7-8H2,1-2H3. The summed E-state index contributed by atoms with van der Waals surface area (Å²) in [6, 6.07) is 0. The molecule has 0 heterocycles. The molecular formula is C12H18. The lowest BCUT2D eigenvalue weighted by Gasteiger charge is -2.30. The fourth-order valence-corrected chi connectivity index (χ4v) is 2.45. The molecule has 0 fully saturated rings. The minimum absolute atomic E-state index is 0.900. The van der Waals surface area contributed by atoms with E-state index in [1.54, 1.807) is 11.1 Å². The van der Waals surface area contributed by atoms with Crippen molar-refractivity contribution in [3.8, 4) is 0 Å². The molecule has 2 unspecified atom stereocenters. The van der Waals surface area contributed by atoms with E-state index in [-0.39, 0.29) is 0 Å². The molecule has 2 aliphatic carbocycles. The van der Waals surface area contributed by atoms with Crippen LogP contribution in [-0.2, 0) is 0 Å². The maximum absolute atomic E-state index is 2.50. The highest BCUT2D eigenvalue weighted by Gasteiger charge is 2.23. The molecule has 0 aromatic carbocycles. The highest BCUT2D eigenvalue weighted by molar-refractivity contribution is 5.24. The van der Waals surface area contributed by atoms with Crippen LogP contribution in [0.25, 0.3) is 0 Å². The van der Waals surface area contributed by atoms with Gasteiger partial charge in [-0.25, -0.2) is 0 Å². The van der Waals surface area contributed by atoms with Gasteiger partial charge in [0.15, 0.2) is 0 Å². The van der Waals surface area contributed by atoms with Gasteiger partial charge in [0.25, 0.3) is 0 Å². The van der Waals surface area contributed by atoms with E-state index in [1.807, 2.05) is 0 Å². The second kappa shape index (κ2) is 3.08. The van der Waals surface area contributed by atoms with E-state index in [0.29, 0.717) is 0 Å². The summed E-state index contributed by atoms with van der Waals surface area (Å²) >= 11 is 0. The minimum atomic E-state index is 0.900. The summed E-state index contributed by atoms with van der Waals surface area (Å²) in [5.41, 5.74) is 3.31. The van der Waals surface area contributed by atoms with Gasteiger partial charge in [0, 0.05) is 0 Å². The van der Waals surface area contributed by atoms with E-state index >= 15 is 0 Å². The molecule has 12 heavy (non-hydrogen) atoms. The van der Waals surface area contributed by atoms with Gasteiger partial charge in [-0.1, -0.05) is 30.2 Å². The first-order chi connectivity index (χ1) is 5.75. The van der Waals surface area contributed by atoms with Gasteiger partial charge in [-0.15, -0.1) is 0 Å². The molecule has 0 N–H and O–H groups in total. The van der Waals surface area contributed by atoms with Gasteiger partial charge in [-0.05, 0) is 44.4 Å². The molecule has 0 bridgehead atoms. The van der Waals surface area contributed by atoms with Crippen LogP contribution < -0.4 is 0 Å². The van der Waals surface area contributed by atoms with Crippen LogP contribution >= 0.6 is 0 Å². The Morgan fingerprint density at radius 1 is 1.25 bits per heavy atom. The number of allylic oxidation sites excluding steroid dienone is 4. The second-order valence-electron chi connectivity index (χ2n) is 4.52. The maximum Gasteiger partial charge on any atom is -0.0108 e. The Bertz CT molecular complexity index is 232. The Kier molecular flexibility index (Phi) is 2.08. The fraction of sp³-hybridized carbons (Fsp3) is 0.667. The SMILES string of the molecule is CC1=CCC2CC(C)CC=C2C1. The molecule has 0 aromatic heterocycles. The van der Waals surface area contributed by atoms with Gasteiger partial charge >= 0.3 is 0 Å². The molecule has 0 spiro atoms. The molecule has 0 saturated heterocycles. The smallest absolute Gasteiger partial charge is 0.0108 e. The molecule has 2 atom stereocenters. The van der Waals surface area contributed by atoms with Gasteiger partial charge in [0.2, 0.25) is 0 Å². The van der Waals surface area contributed by atoms with Crippen LogP contribution in [0.1, 0.15) is 39.5 Å². The summed E-state index contributed by atoms with van der Waals surface area (Å²) in [6.45, 7) is 4.63. The Hall–Kier alpha value is -0.520. The fourth-order valence-electron chi connectivity index (χ4n) is 2.45. The monoisotopic (exact) mass is 162 g/mol. The lowest BCUT2D eigenvalue weighted by atomic mass is 9.75. The largest absolute Gasteiger partial charge is 0.0847 e. The minimum Gasteiger partial charge on any atom is -0.0847 e. The van der Waals surface area contributed by atoms with Crippen molar-refractivity contribution in [2.24, 2.45) is 11.8 Å². The van der Waals surface area contributed by atoms with Crippen molar-refractivity contribution in [2.45, 2.75) is 39.5 Å². The van der Waals surface area contributed by atoms with Crippen LogP contribution in [-0.4, -0.2) is 0 Å². The van der Waals surface area contributed by atoms with Crippen LogP contribution in [0.2, 0.25) is 0 Å². The molecule has 0 aliphatic heterocycles. The van der Waals surface area contributed by atoms with Crippen LogP contribution in [0, 0.1) is 11.8 Å². The normalized spacial score (nSPS) is 35.2. The van der Waals surface area contributed by atoms with Crippen molar-refractivity contribution in [2.75, 3.05) is 0 Å². The van der Waals surface area contributed by atoms with Gasteiger partial charge in [0.1, 0.15) is 0 Å². The average molecular weight is 162 g/mol. The Morgan fingerprint density at radius 3 is 2.92 bits per heavy atom. The predicted molar refractivity (Wildman–Crippen MR) is 53.0 cm³/mol. The molecule has 66 valence electrons. The zero-order valence-corrected chi connectivity index (χ0v) is 8.14. The quantitative estimate of drug-likeness (QED) is 0.476. The van der Waals surface area contributed by atoms with Crippen molar-refractivity contribution in [1.29, 1.82) is 0 Å². The van der Waals surface area contributed by atoms with Crippen molar-refractivity contribution in [3.63, 3.8) is 0 Å². The Morgan fingerprint density at radius 2 is 2.08 bits per heavy atom. The van der Waals surface area contributed by atoms with Crippen molar-refractivity contribution in [1.82, 2.24) is 0 Å². The molecule has 0 amide bonds. The van der Waals surface area contributed by atoms with Crippen LogP contribution in [0.4, 0.5) is 0 Å². The van der Waals surface area contributed by atoms with Crippen molar-refractivity contribution in [3.05, 3.63) is 23.3 Å². The van der Waals surface area contributed by atoms with Crippen LogP contribution in [0.15, 0.2) is 23.3 Å². The third-order valence-electron chi connectivity index (χ3n) is 3.23. The highest BCUT2D eigenvalue weighted by Crippen LogP contribution is 2.37. The first kappa shape index (κ1) is 8.10.